The molecule has 2 N–H and O–H groups in total. The average Bonchev–Trinajstić information content (AvgIpc) is 2.68. The Bertz CT molecular complexity index is 973. The largest absolute Gasteiger partial charge is 0.378 e. The normalized spacial score (nSPS) is 11.1. The second-order valence-electron chi connectivity index (χ2n) is 8.11. The van der Waals surface area contributed by atoms with Gasteiger partial charge in [-0.25, -0.2) is 9.97 Å². The number of amides is 1. The summed E-state index contributed by atoms with van der Waals surface area (Å²) in [5.41, 5.74) is 4.26. The van der Waals surface area contributed by atoms with Crippen molar-refractivity contribution in [2.45, 2.75) is 26.2 Å². The zero-order valence-electron chi connectivity index (χ0n) is 17.5. The molecule has 0 bridgehead atoms. The van der Waals surface area contributed by atoms with Crippen molar-refractivity contribution in [3.63, 3.8) is 0 Å². The van der Waals surface area contributed by atoms with Crippen molar-refractivity contribution in [3.8, 4) is 0 Å². The predicted octanol–water partition coefficient (Wildman–Crippen LogP) is 4.84. The van der Waals surface area contributed by atoms with Crippen LogP contribution in [0.3, 0.4) is 0 Å². The molecule has 1 aromatic heterocycles. The van der Waals surface area contributed by atoms with Crippen molar-refractivity contribution < 1.29 is 4.79 Å². The molecule has 0 spiro atoms. The molecule has 0 saturated heterocycles. The lowest BCUT2D eigenvalue weighted by atomic mass is 9.87. The number of nitrogens with zero attached hydrogens (tertiary/aromatic N) is 3. The molecule has 3 aromatic rings. The lowest BCUT2D eigenvalue weighted by Crippen LogP contribution is -2.15. The van der Waals surface area contributed by atoms with E-state index in [1.165, 1.54) is 5.56 Å². The molecule has 0 fully saturated rings. The van der Waals surface area contributed by atoms with Crippen molar-refractivity contribution in [2.75, 3.05) is 29.6 Å². The second-order valence-corrected chi connectivity index (χ2v) is 8.11. The van der Waals surface area contributed by atoms with Crippen LogP contribution in [0.4, 0.5) is 23.0 Å². The Labute approximate surface area is 172 Å². The third kappa shape index (κ3) is 5.31. The number of hydrogen-bond acceptors (Lipinski definition) is 5. The van der Waals surface area contributed by atoms with Gasteiger partial charge < -0.3 is 15.5 Å². The lowest BCUT2D eigenvalue weighted by molar-refractivity contribution is 0.102. The van der Waals surface area contributed by atoms with Gasteiger partial charge in [-0.05, 0) is 53.4 Å². The molecule has 0 saturated carbocycles. The summed E-state index contributed by atoms with van der Waals surface area (Å²) in [6.07, 6.45) is 1.57. The maximum atomic E-state index is 12.6. The fourth-order valence-electron chi connectivity index (χ4n) is 2.77. The first-order chi connectivity index (χ1) is 13.7. The van der Waals surface area contributed by atoms with E-state index in [0.29, 0.717) is 11.6 Å². The number of hydrogen-bond donors (Lipinski definition) is 2. The van der Waals surface area contributed by atoms with Gasteiger partial charge in [0.25, 0.3) is 5.91 Å². The van der Waals surface area contributed by atoms with Gasteiger partial charge in [0.2, 0.25) is 5.95 Å². The number of carbonyl (C=O) groups excluding carboxylic acids is 1. The SMILES string of the molecule is CN(C)c1ccc(Nc2nccc(C(=O)Nc3ccc(C(C)(C)C)cc3)n2)cc1. The predicted molar refractivity (Wildman–Crippen MR) is 119 cm³/mol. The molecule has 0 radical (unpaired) electrons. The van der Waals surface area contributed by atoms with E-state index in [1.54, 1.807) is 12.3 Å². The summed E-state index contributed by atoms with van der Waals surface area (Å²) in [4.78, 5) is 23.2. The van der Waals surface area contributed by atoms with Gasteiger partial charge >= 0.3 is 0 Å². The molecule has 0 atom stereocenters. The van der Waals surface area contributed by atoms with E-state index in [0.717, 1.165) is 17.1 Å². The highest BCUT2D eigenvalue weighted by Gasteiger charge is 2.14. The molecule has 150 valence electrons. The molecular weight excluding hydrogens is 362 g/mol. The number of benzene rings is 2. The van der Waals surface area contributed by atoms with Gasteiger partial charge in [0.15, 0.2) is 0 Å². The van der Waals surface area contributed by atoms with Crippen molar-refractivity contribution in [3.05, 3.63) is 72.1 Å². The Balaban J connectivity index is 1.69. The third-order valence-corrected chi connectivity index (χ3v) is 4.54. The molecule has 6 heteroatoms. The fraction of sp³-hybridized carbons (Fsp3) is 0.261. The Hall–Kier alpha value is -3.41. The van der Waals surface area contributed by atoms with Gasteiger partial charge in [-0.3, -0.25) is 4.79 Å². The van der Waals surface area contributed by atoms with Gasteiger partial charge in [-0.1, -0.05) is 32.9 Å². The van der Waals surface area contributed by atoms with E-state index in [4.69, 9.17) is 0 Å². The second kappa shape index (κ2) is 8.31. The number of rotatable bonds is 5. The molecule has 1 amide bonds. The Morgan fingerprint density at radius 2 is 1.52 bits per heavy atom. The van der Waals surface area contributed by atoms with Gasteiger partial charge in [-0.15, -0.1) is 0 Å². The van der Waals surface area contributed by atoms with Gasteiger partial charge in [-0.2, -0.15) is 0 Å². The summed E-state index contributed by atoms with van der Waals surface area (Å²) in [6, 6.07) is 17.4. The summed E-state index contributed by atoms with van der Waals surface area (Å²) in [6.45, 7) is 6.47. The van der Waals surface area contributed by atoms with E-state index in [1.807, 2.05) is 67.5 Å². The molecular formula is C23H27N5O. The van der Waals surface area contributed by atoms with E-state index in [9.17, 15) is 4.79 Å². The summed E-state index contributed by atoms with van der Waals surface area (Å²) in [5.74, 6) is 0.0975. The number of nitrogens with one attached hydrogen (secondary N) is 2. The maximum Gasteiger partial charge on any atom is 0.274 e. The van der Waals surface area contributed by atoms with E-state index >= 15 is 0 Å². The molecule has 0 aliphatic rings. The highest BCUT2D eigenvalue weighted by Crippen LogP contribution is 2.24. The van der Waals surface area contributed by atoms with Crippen LogP contribution >= 0.6 is 0 Å². The first kappa shape index (κ1) is 20.3. The Morgan fingerprint density at radius 1 is 0.897 bits per heavy atom. The number of carbonyl (C=O) groups is 1. The van der Waals surface area contributed by atoms with E-state index < -0.39 is 0 Å². The van der Waals surface area contributed by atoms with Crippen LogP contribution in [0.2, 0.25) is 0 Å². The van der Waals surface area contributed by atoms with Gasteiger partial charge in [0.05, 0.1) is 0 Å². The summed E-state index contributed by atoms with van der Waals surface area (Å²) in [5, 5.41) is 6.02. The average molecular weight is 390 g/mol. The minimum absolute atomic E-state index is 0.0700. The maximum absolute atomic E-state index is 12.6. The molecule has 6 nitrogen and oxygen atoms in total. The first-order valence-electron chi connectivity index (χ1n) is 9.52. The van der Waals surface area contributed by atoms with Crippen LogP contribution in [0, 0.1) is 0 Å². The molecule has 1 heterocycles. The van der Waals surface area contributed by atoms with Crippen LogP contribution in [0.25, 0.3) is 0 Å². The van der Waals surface area contributed by atoms with Crippen LogP contribution in [0.5, 0.6) is 0 Å². The molecule has 0 aliphatic heterocycles. The quantitative estimate of drug-likeness (QED) is 0.654. The summed E-state index contributed by atoms with van der Waals surface area (Å²) >= 11 is 0. The van der Waals surface area contributed by atoms with E-state index in [2.05, 4.69) is 41.4 Å². The van der Waals surface area contributed by atoms with E-state index in [-0.39, 0.29) is 11.3 Å². The van der Waals surface area contributed by atoms with Crippen molar-refractivity contribution in [1.82, 2.24) is 9.97 Å². The highest BCUT2D eigenvalue weighted by molar-refractivity contribution is 6.03. The minimum Gasteiger partial charge on any atom is -0.378 e. The van der Waals surface area contributed by atoms with Crippen LogP contribution in [-0.2, 0) is 5.41 Å². The van der Waals surface area contributed by atoms with Crippen LogP contribution in [0.1, 0.15) is 36.8 Å². The van der Waals surface area contributed by atoms with Gasteiger partial charge in [0.1, 0.15) is 5.69 Å². The lowest BCUT2D eigenvalue weighted by Gasteiger charge is -2.19. The standard InChI is InChI=1S/C23H27N5O/c1-23(2,3)16-6-8-17(9-7-16)25-21(29)20-14-15-24-22(27-20)26-18-10-12-19(13-11-18)28(4)5/h6-15H,1-5H3,(H,25,29)(H,24,26,27). The topological polar surface area (TPSA) is 70.2 Å². The number of anilines is 4. The van der Waals surface area contributed by atoms with Crippen molar-refractivity contribution in [1.29, 1.82) is 0 Å². The molecule has 29 heavy (non-hydrogen) atoms. The zero-order valence-corrected chi connectivity index (χ0v) is 17.5. The Kier molecular flexibility index (Phi) is 5.82. The first-order valence-corrected chi connectivity index (χ1v) is 9.52. The molecule has 0 unspecified atom stereocenters. The third-order valence-electron chi connectivity index (χ3n) is 4.54. The van der Waals surface area contributed by atoms with Crippen LogP contribution in [0.15, 0.2) is 60.8 Å². The zero-order chi connectivity index (χ0) is 21.0. The fourth-order valence-corrected chi connectivity index (χ4v) is 2.77. The monoisotopic (exact) mass is 389 g/mol. The minimum atomic E-state index is -0.276. The highest BCUT2D eigenvalue weighted by atomic mass is 16.1. The summed E-state index contributed by atoms with van der Waals surface area (Å²) in [7, 11) is 3.98. The molecule has 0 aliphatic carbocycles. The van der Waals surface area contributed by atoms with Gasteiger partial charge in [0, 0.05) is 37.4 Å². The summed E-state index contributed by atoms with van der Waals surface area (Å²) < 4.78 is 0. The van der Waals surface area contributed by atoms with Crippen LogP contribution in [-0.4, -0.2) is 30.0 Å². The number of aromatic nitrogens is 2. The molecule has 3 rings (SSSR count). The Morgan fingerprint density at radius 3 is 2.10 bits per heavy atom. The smallest absolute Gasteiger partial charge is 0.274 e. The van der Waals surface area contributed by atoms with Crippen LogP contribution < -0.4 is 15.5 Å². The van der Waals surface area contributed by atoms with Crippen molar-refractivity contribution in [2.24, 2.45) is 0 Å². The molecule has 2 aromatic carbocycles. The van der Waals surface area contributed by atoms with Crippen molar-refractivity contribution >= 4 is 28.9 Å².